The summed E-state index contributed by atoms with van der Waals surface area (Å²) in [6, 6.07) is 0. The van der Waals surface area contributed by atoms with E-state index in [4.69, 9.17) is 24.3 Å². The van der Waals surface area contributed by atoms with E-state index in [1.54, 1.807) is 0 Å². The fourth-order valence-corrected chi connectivity index (χ4v) is 8.20. The number of hydrogen-bond acceptors (Lipinski definition) is 8. The van der Waals surface area contributed by atoms with Crippen LogP contribution in [0.2, 0.25) is 0 Å². The number of rotatable bonds is 53. The van der Waals surface area contributed by atoms with Crippen LogP contribution in [-0.2, 0) is 32.7 Å². The van der Waals surface area contributed by atoms with Gasteiger partial charge in [-0.2, -0.15) is 0 Å². The highest BCUT2D eigenvalue weighted by molar-refractivity contribution is 7.47. The molecule has 75 heavy (non-hydrogen) atoms. The Balaban J connectivity index is 4.10. The van der Waals surface area contributed by atoms with Crippen LogP contribution >= 0.6 is 7.82 Å². The Bertz CT molecular complexity index is 1730. The Kier molecular flexibility index (Phi) is 55.9. The summed E-state index contributed by atoms with van der Waals surface area (Å²) in [4.78, 5) is 35.1. The van der Waals surface area contributed by atoms with Gasteiger partial charge >= 0.3 is 19.8 Å². The molecule has 10 heteroatoms. The van der Waals surface area contributed by atoms with E-state index in [9.17, 15) is 19.0 Å². The molecule has 0 aliphatic rings. The average molecular weight is 1060 g/mol. The molecule has 0 aliphatic heterocycles. The second kappa shape index (κ2) is 59.1. The molecule has 0 heterocycles. The summed E-state index contributed by atoms with van der Waals surface area (Å²) in [6.07, 6.45) is 84.8. The van der Waals surface area contributed by atoms with Crippen molar-refractivity contribution >= 4 is 19.8 Å². The van der Waals surface area contributed by atoms with Crippen molar-refractivity contribution in [2.45, 2.75) is 225 Å². The van der Waals surface area contributed by atoms with Gasteiger partial charge in [-0.05, 0) is 103 Å². The molecule has 424 valence electrons. The van der Waals surface area contributed by atoms with Crippen LogP contribution in [0, 0.1) is 0 Å². The predicted molar refractivity (Wildman–Crippen MR) is 320 cm³/mol. The van der Waals surface area contributed by atoms with E-state index in [0.717, 1.165) is 109 Å². The second-order valence-electron chi connectivity index (χ2n) is 18.8. The average Bonchev–Trinajstić information content (AvgIpc) is 3.40. The van der Waals surface area contributed by atoms with Crippen LogP contribution in [0.1, 0.15) is 219 Å². The number of unbranched alkanes of at least 4 members (excludes halogenated alkanes) is 16. The van der Waals surface area contributed by atoms with Crippen LogP contribution < -0.4 is 5.73 Å². The highest BCUT2D eigenvalue weighted by Crippen LogP contribution is 2.43. The van der Waals surface area contributed by atoms with Crippen molar-refractivity contribution in [1.82, 2.24) is 0 Å². The molecule has 0 rings (SSSR count). The lowest BCUT2D eigenvalue weighted by atomic mass is 10.0. The van der Waals surface area contributed by atoms with Gasteiger partial charge in [0.15, 0.2) is 6.10 Å². The number of carbonyl (C=O) groups is 2. The van der Waals surface area contributed by atoms with Crippen molar-refractivity contribution in [3.8, 4) is 0 Å². The summed E-state index contributed by atoms with van der Waals surface area (Å²) in [7, 11) is -4.41. The molecule has 0 aromatic carbocycles. The molecular formula is C65H106NO8P. The van der Waals surface area contributed by atoms with E-state index < -0.39 is 32.5 Å². The number of nitrogens with two attached hydrogens (primary N) is 1. The lowest BCUT2D eigenvalue weighted by Gasteiger charge is -2.19. The van der Waals surface area contributed by atoms with Crippen LogP contribution in [0.15, 0.2) is 146 Å². The van der Waals surface area contributed by atoms with E-state index in [2.05, 4.69) is 160 Å². The lowest BCUT2D eigenvalue weighted by molar-refractivity contribution is -0.161. The van der Waals surface area contributed by atoms with Crippen molar-refractivity contribution in [1.29, 1.82) is 0 Å². The number of carbonyl (C=O) groups excluding carboxylic acids is 2. The van der Waals surface area contributed by atoms with Crippen molar-refractivity contribution in [3.05, 3.63) is 146 Å². The van der Waals surface area contributed by atoms with Gasteiger partial charge in [-0.1, -0.05) is 250 Å². The minimum atomic E-state index is -4.41. The maximum Gasteiger partial charge on any atom is 0.472 e. The fraction of sp³-hybridized carbons (Fsp3) is 0.600. The van der Waals surface area contributed by atoms with Crippen molar-refractivity contribution < 1.29 is 37.6 Å². The smallest absolute Gasteiger partial charge is 0.462 e. The molecule has 0 bridgehead atoms. The largest absolute Gasteiger partial charge is 0.472 e. The Labute approximate surface area is 458 Å². The van der Waals surface area contributed by atoms with Gasteiger partial charge in [0, 0.05) is 19.4 Å². The van der Waals surface area contributed by atoms with E-state index in [-0.39, 0.29) is 32.6 Å². The number of phosphoric acid groups is 1. The quantitative estimate of drug-likeness (QED) is 0.0264. The highest BCUT2D eigenvalue weighted by atomic mass is 31.2. The monoisotopic (exact) mass is 1060 g/mol. The molecule has 0 saturated heterocycles. The topological polar surface area (TPSA) is 134 Å². The first-order valence-electron chi connectivity index (χ1n) is 29.3. The van der Waals surface area contributed by atoms with Gasteiger partial charge in [-0.3, -0.25) is 18.6 Å². The van der Waals surface area contributed by atoms with Gasteiger partial charge < -0.3 is 20.1 Å². The Morgan fingerprint density at radius 3 is 1.09 bits per heavy atom. The first kappa shape index (κ1) is 70.9. The first-order chi connectivity index (χ1) is 36.8. The number of phosphoric ester groups is 1. The van der Waals surface area contributed by atoms with Crippen molar-refractivity contribution in [2.24, 2.45) is 5.73 Å². The number of hydrogen-bond donors (Lipinski definition) is 2. The summed E-state index contributed by atoms with van der Waals surface area (Å²) < 4.78 is 32.9. The summed E-state index contributed by atoms with van der Waals surface area (Å²) in [5.41, 5.74) is 5.37. The van der Waals surface area contributed by atoms with E-state index in [1.807, 2.05) is 0 Å². The zero-order chi connectivity index (χ0) is 54.5. The zero-order valence-corrected chi connectivity index (χ0v) is 48.1. The van der Waals surface area contributed by atoms with Crippen LogP contribution in [0.3, 0.4) is 0 Å². The summed E-state index contributed by atoms with van der Waals surface area (Å²) in [5.74, 6) is -0.885. The van der Waals surface area contributed by atoms with E-state index >= 15 is 0 Å². The molecule has 0 aromatic heterocycles. The molecule has 2 unspecified atom stereocenters. The molecule has 9 nitrogen and oxygen atoms in total. The SMILES string of the molecule is CC/C=C\C/C=C\C/C=C\C/C=C\C/C=C\C/C=C\C/C=C\C/C=C\C/C=C\C/C=C\C/C=C\C/C=C\CCCCC(=O)OC(COC(=O)CCCCCCCCCCCCCCCCC)COP(=O)(O)OCCN. The molecule has 2 atom stereocenters. The molecule has 0 fully saturated rings. The normalized spacial score (nSPS) is 14.1. The third-order valence-electron chi connectivity index (χ3n) is 11.7. The summed E-state index contributed by atoms with van der Waals surface area (Å²) in [5, 5.41) is 0. The molecule has 0 radical (unpaired) electrons. The van der Waals surface area contributed by atoms with Gasteiger partial charge in [-0.25, -0.2) is 4.57 Å². The Morgan fingerprint density at radius 1 is 0.413 bits per heavy atom. The maximum absolute atomic E-state index is 12.7. The molecule has 0 spiro atoms. The standard InChI is InChI=1S/C65H106NO8P/c1-3-5-7-9-11-13-15-17-19-20-21-22-23-24-25-26-27-28-29-30-31-32-33-34-35-36-37-38-39-40-41-42-44-46-48-50-52-54-56-58-65(68)74-63(62-73-75(69,70)72-60-59-66)61-71-64(67)57-55-53-51-49-47-45-43-18-16-14-12-10-8-6-4-2/h5,7,11,13,17,19,21-22,24-25,27-28,30-31,33-34,36-37,39-40,42,44,48,50,63H,3-4,6,8-10,12,14-16,18,20,23,26,29,32,35,38,41,43,45-47,49,51-62,66H2,1-2H3,(H,69,70)/b7-5-,13-11-,19-17-,22-21-,25-24-,28-27-,31-30-,34-33-,37-36-,40-39-,44-42-,50-48-. The summed E-state index contributed by atoms with van der Waals surface area (Å²) in [6.45, 7) is 3.56. The van der Waals surface area contributed by atoms with E-state index in [1.165, 1.54) is 77.0 Å². The number of ether oxygens (including phenoxy) is 2. The maximum atomic E-state index is 12.7. The number of allylic oxidation sites excluding steroid dienone is 24. The molecule has 3 N–H and O–H groups in total. The van der Waals surface area contributed by atoms with E-state index in [0.29, 0.717) is 6.42 Å². The van der Waals surface area contributed by atoms with Gasteiger partial charge in [0.1, 0.15) is 6.61 Å². The van der Waals surface area contributed by atoms with Crippen LogP contribution in [0.4, 0.5) is 0 Å². The molecular weight excluding hydrogens is 954 g/mol. The third kappa shape index (κ3) is 59.0. The Morgan fingerprint density at radius 2 is 0.733 bits per heavy atom. The fourth-order valence-electron chi connectivity index (χ4n) is 7.44. The predicted octanol–water partition coefficient (Wildman–Crippen LogP) is 18.7. The van der Waals surface area contributed by atoms with Crippen LogP contribution in [0.25, 0.3) is 0 Å². The minimum Gasteiger partial charge on any atom is -0.462 e. The lowest BCUT2D eigenvalue weighted by Crippen LogP contribution is -2.29. The van der Waals surface area contributed by atoms with Crippen LogP contribution in [0.5, 0.6) is 0 Å². The van der Waals surface area contributed by atoms with Gasteiger partial charge in [0.05, 0.1) is 13.2 Å². The molecule has 0 saturated carbocycles. The molecule has 0 aliphatic carbocycles. The molecule has 0 aromatic rings. The third-order valence-corrected chi connectivity index (χ3v) is 12.7. The van der Waals surface area contributed by atoms with Gasteiger partial charge in [0.2, 0.25) is 0 Å². The zero-order valence-electron chi connectivity index (χ0n) is 47.2. The Hall–Kier alpha value is -4.11. The highest BCUT2D eigenvalue weighted by Gasteiger charge is 2.26. The van der Waals surface area contributed by atoms with Crippen molar-refractivity contribution in [3.63, 3.8) is 0 Å². The first-order valence-corrected chi connectivity index (χ1v) is 30.8. The minimum absolute atomic E-state index is 0.0398. The molecule has 0 amide bonds. The summed E-state index contributed by atoms with van der Waals surface area (Å²) >= 11 is 0. The second-order valence-corrected chi connectivity index (χ2v) is 20.2. The number of esters is 2. The van der Waals surface area contributed by atoms with Crippen LogP contribution in [-0.4, -0.2) is 49.3 Å². The van der Waals surface area contributed by atoms with Gasteiger partial charge in [-0.15, -0.1) is 0 Å². The van der Waals surface area contributed by atoms with Gasteiger partial charge in [0.25, 0.3) is 0 Å². The van der Waals surface area contributed by atoms with Crippen molar-refractivity contribution in [2.75, 3.05) is 26.4 Å².